The van der Waals surface area contributed by atoms with Crippen molar-refractivity contribution in [3.8, 4) is 0 Å². The highest BCUT2D eigenvalue weighted by Crippen LogP contribution is 2.18. The van der Waals surface area contributed by atoms with Gasteiger partial charge in [-0.05, 0) is 25.0 Å². The van der Waals surface area contributed by atoms with Gasteiger partial charge in [-0.1, -0.05) is 26.2 Å². The van der Waals surface area contributed by atoms with Gasteiger partial charge in [0.1, 0.15) is 0 Å². The molecule has 78 valence electrons. The average molecular weight is 211 g/mol. The quantitative estimate of drug-likeness (QED) is 0.722. The maximum atomic E-state index is 10.8. The minimum Gasteiger partial charge on any atom is -0.365 e. The number of amides is 1. The minimum atomic E-state index is -0.310. The Morgan fingerprint density at radius 1 is 1.36 bits per heavy atom. The van der Waals surface area contributed by atoms with Crippen LogP contribution < -0.4 is 5.73 Å². The first-order valence-corrected chi connectivity index (χ1v) is 5.94. The van der Waals surface area contributed by atoms with Crippen molar-refractivity contribution in [2.75, 3.05) is 0 Å². The summed E-state index contributed by atoms with van der Waals surface area (Å²) >= 11 is 1.52. The summed E-state index contributed by atoms with van der Waals surface area (Å²) in [6.07, 6.45) is 6.13. The number of rotatable bonds is 6. The minimum absolute atomic E-state index is 0.310. The maximum Gasteiger partial charge on any atom is 0.258 e. The van der Waals surface area contributed by atoms with Crippen molar-refractivity contribution in [2.45, 2.75) is 39.0 Å². The molecule has 1 aromatic rings. The van der Waals surface area contributed by atoms with Gasteiger partial charge in [-0.3, -0.25) is 4.79 Å². The van der Waals surface area contributed by atoms with E-state index in [4.69, 9.17) is 5.73 Å². The van der Waals surface area contributed by atoms with E-state index >= 15 is 0 Å². The summed E-state index contributed by atoms with van der Waals surface area (Å²) in [5.41, 5.74) is 5.17. The standard InChI is InChI=1S/C11H17NOS/c1-2-3-4-5-6-9-7-8-10(14-9)11(12)13/h7-8H,2-6H2,1H3,(H2,12,13). The van der Waals surface area contributed by atoms with E-state index in [9.17, 15) is 4.79 Å². The van der Waals surface area contributed by atoms with E-state index in [0.29, 0.717) is 4.88 Å². The molecule has 1 amide bonds. The van der Waals surface area contributed by atoms with Crippen LogP contribution in [0, 0.1) is 0 Å². The molecule has 2 N–H and O–H groups in total. The van der Waals surface area contributed by atoms with Crippen molar-refractivity contribution in [3.05, 3.63) is 21.9 Å². The molecule has 3 heteroatoms. The Morgan fingerprint density at radius 2 is 2.14 bits per heavy atom. The third-order valence-electron chi connectivity index (χ3n) is 2.18. The fourth-order valence-corrected chi connectivity index (χ4v) is 2.27. The third-order valence-corrected chi connectivity index (χ3v) is 3.34. The summed E-state index contributed by atoms with van der Waals surface area (Å²) in [6.45, 7) is 2.20. The molecule has 0 aliphatic heterocycles. The predicted molar refractivity (Wildman–Crippen MR) is 60.7 cm³/mol. The molecule has 0 saturated carbocycles. The van der Waals surface area contributed by atoms with Crippen LogP contribution in [0.5, 0.6) is 0 Å². The lowest BCUT2D eigenvalue weighted by Crippen LogP contribution is -2.08. The maximum absolute atomic E-state index is 10.8. The molecular formula is C11H17NOS. The molecule has 1 heterocycles. The molecule has 0 aliphatic carbocycles. The normalized spacial score (nSPS) is 10.4. The molecule has 0 saturated heterocycles. The molecule has 0 radical (unpaired) electrons. The summed E-state index contributed by atoms with van der Waals surface area (Å²) in [5, 5.41) is 0. The van der Waals surface area contributed by atoms with Gasteiger partial charge in [0.15, 0.2) is 0 Å². The highest BCUT2D eigenvalue weighted by molar-refractivity contribution is 7.14. The average Bonchev–Trinajstić information content (AvgIpc) is 2.61. The van der Waals surface area contributed by atoms with Gasteiger partial charge in [-0.2, -0.15) is 0 Å². The van der Waals surface area contributed by atoms with Crippen molar-refractivity contribution < 1.29 is 4.79 Å². The molecular weight excluding hydrogens is 194 g/mol. The van der Waals surface area contributed by atoms with Crippen molar-refractivity contribution >= 4 is 17.2 Å². The zero-order valence-corrected chi connectivity index (χ0v) is 9.40. The van der Waals surface area contributed by atoms with Gasteiger partial charge in [0.05, 0.1) is 4.88 Å². The van der Waals surface area contributed by atoms with Gasteiger partial charge in [0.2, 0.25) is 0 Å². The zero-order chi connectivity index (χ0) is 10.4. The second-order valence-corrected chi connectivity index (χ2v) is 4.61. The Bertz CT molecular complexity index is 293. The van der Waals surface area contributed by atoms with Crippen molar-refractivity contribution in [1.82, 2.24) is 0 Å². The second-order valence-electron chi connectivity index (χ2n) is 3.44. The Balaban J connectivity index is 2.33. The number of carbonyl (C=O) groups excluding carboxylic acids is 1. The first-order valence-electron chi connectivity index (χ1n) is 5.12. The van der Waals surface area contributed by atoms with E-state index in [-0.39, 0.29) is 5.91 Å². The summed E-state index contributed by atoms with van der Waals surface area (Å²) < 4.78 is 0. The number of unbranched alkanes of at least 4 members (excludes halogenated alkanes) is 3. The summed E-state index contributed by atoms with van der Waals surface area (Å²) in [4.78, 5) is 12.8. The van der Waals surface area contributed by atoms with Crippen LogP contribution in [0.4, 0.5) is 0 Å². The molecule has 0 fully saturated rings. The Labute approximate surface area is 89.1 Å². The van der Waals surface area contributed by atoms with Crippen LogP contribution in [-0.4, -0.2) is 5.91 Å². The molecule has 2 nitrogen and oxygen atoms in total. The number of hydrogen-bond donors (Lipinski definition) is 1. The summed E-state index contributed by atoms with van der Waals surface area (Å²) in [6, 6.07) is 3.83. The van der Waals surface area contributed by atoms with Crippen LogP contribution in [0.15, 0.2) is 12.1 Å². The number of nitrogens with two attached hydrogens (primary N) is 1. The number of primary amides is 1. The van der Waals surface area contributed by atoms with Crippen molar-refractivity contribution in [3.63, 3.8) is 0 Å². The molecule has 1 aromatic heterocycles. The lowest BCUT2D eigenvalue weighted by atomic mass is 10.1. The van der Waals surface area contributed by atoms with Crippen LogP contribution in [-0.2, 0) is 6.42 Å². The second kappa shape index (κ2) is 5.81. The lowest BCUT2D eigenvalue weighted by Gasteiger charge is -1.96. The van der Waals surface area contributed by atoms with Crippen LogP contribution in [0.3, 0.4) is 0 Å². The number of thiophene rings is 1. The van der Waals surface area contributed by atoms with Gasteiger partial charge in [0, 0.05) is 4.88 Å². The Hall–Kier alpha value is -0.830. The fourth-order valence-electron chi connectivity index (χ4n) is 1.37. The van der Waals surface area contributed by atoms with Crippen LogP contribution in [0.25, 0.3) is 0 Å². The van der Waals surface area contributed by atoms with Gasteiger partial charge >= 0.3 is 0 Å². The Morgan fingerprint density at radius 3 is 2.71 bits per heavy atom. The monoisotopic (exact) mass is 211 g/mol. The Kier molecular flexibility index (Phi) is 4.66. The van der Waals surface area contributed by atoms with E-state index in [2.05, 4.69) is 6.92 Å². The van der Waals surface area contributed by atoms with Crippen LogP contribution in [0.2, 0.25) is 0 Å². The number of hydrogen-bond acceptors (Lipinski definition) is 2. The van der Waals surface area contributed by atoms with E-state index in [1.54, 1.807) is 0 Å². The highest BCUT2D eigenvalue weighted by atomic mass is 32.1. The van der Waals surface area contributed by atoms with Crippen molar-refractivity contribution in [2.24, 2.45) is 5.73 Å². The molecule has 0 aliphatic rings. The van der Waals surface area contributed by atoms with Gasteiger partial charge in [0.25, 0.3) is 5.91 Å². The molecule has 0 spiro atoms. The molecule has 14 heavy (non-hydrogen) atoms. The SMILES string of the molecule is CCCCCCc1ccc(C(N)=O)s1. The molecule has 0 atom stereocenters. The van der Waals surface area contributed by atoms with E-state index in [1.165, 1.54) is 41.9 Å². The van der Waals surface area contributed by atoms with Crippen molar-refractivity contribution in [1.29, 1.82) is 0 Å². The first-order chi connectivity index (χ1) is 6.74. The van der Waals surface area contributed by atoms with Gasteiger partial charge in [-0.15, -0.1) is 11.3 Å². The lowest BCUT2D eigenvalue weighted by molar-refractivity contribution is 0.100. The van der Waals surface area contributed by atoms with E-state index < -0.39 is 0 Å². The molecule has 0 aromatic carbocycles. The summed E-state index contributed by atoms with van der Waals surface area (Å²) in [5.74, 6) is -0.310. The zero-order valence-electron chi connectivity index (χ0n) is 8.58. The topological polar surface area (TPSA) is 43.1 Å². The fraction of sp³-hybridized carbons (Fsp3) is 0.545. The first kappa shape index (κ1) is 11.2. The van der Waals surface area contributed by atoms with Crippen LogP contribution >= 0.6 is 11.3 Å². The third kappa shape index (κ3) is 3.50. The van der Waals surface area contributed by atoms with Gasteiger partial charge in [-0.25, -0.2) is 0 Å². The smallest absolute Gasteiger partial charge is 0.258 e. The number of aryl methyl sites for hydroxylation is 1. The highest BCUT2D eigenvalue weighted by Gasteiger charge is 2.04. The number of carbonyl (C=O) groups is 1. The van der Waals surface area contributed by atoms with E-state index in [1.807, 2.05) is 12.1 Å². The molecule has 1 rings (SSSR count). The van der Waals surface area contributed by atoms with E-state index in [0.717, 1.165) is 6.42 Å². The largest absolute Gasteiger partial charge is 0.365 e. The molecule has 0 bridgehead atoms. The molecule has 0 unspecified atom stereocenters. The van der Waals surface area contributed by atoms with Crippen LogP contribution in [0.1, 0.15) is 47.2 Å². The summed E-state index contributed by atoms with van der Waals surface area (Å²) in [7, 11) is 0. The van der Waals surface area contributed by atoms with Gasteiger partial charge < -0.3 is 5.73 Å². The predicted octanol–water partition coefficient (Wildman–Crippen LogP) is 2.97.